The standard InChI is InChI=1S/C27H31N3O5S/c1-3-13-27(14-12-20-8-5-4-6-9-20)17-24(31)23(26(32)35-27)16-21-10-7-11-22(15-21)29-36(33,34)25-18-30(2)19-28-25/h4-11,15,18-19,29,31H,3,12-14,16-17H2,1-2H3. The van der Waals surface area contributed by atoms with E-state index in [9.17, 15) is 18.3 Å². The summed E-state index contributed by atoms with van der Waals surface area (Å²) in [6.45, 7) is 2.03. The maximum Gasteiger partial charge on any atom is 0.338 e. The first kappa shape index (κ1) is 25.5. The average molecular weight is 510 g/mol. The van der Waals surface area contributed by atoms with E-state index in [1.54, 1.807) is 35.9 Å². The molecular weight excluding hydrogens is 478 g/mol. The predicted octanol–water partition coefficient (Wildman–Crippen LogP) is 4.69. The molecule has 8 nitrogen and oxygen atoms in total. The highest BCUT2D eigenvalue weighted by Gasteiger charge is 2.41. The number of benzene rings is 2. The molecule has 0 radical (unpaired) electrons. The van der Waals surface area contributed by atoms with Crippen molar-refractivity contribution in [2.24, 2.45) is 7.05 Å². The van der Waals surface area contributed by atoms with E-state index < -0.39 is 21.6 Å². The number of sulfonamides is 1. The van der Waals surface area contributed by atoms with Crippen molar-refractivity contribution in [3.05, 3.63) is 89.6 Å². The molecule has 1 aliphatic heterocycles. The van der Waals surface area contributed by atoms with E-state index in [-0.39, 0.29) is 29.2 Å². The first-order valence-corrected chi connectivity index (χ1v) is 13.5. The minimum atomic E-state index is -3.85. The Bertz CT molecular complexity index is 1360. The zero-order chi connectivity index (χ0) is 25.8. The van der Waals surface area contributed by atoms with Crippen LogP contribution in [0.1, 0.15) is 43.7 Å². The number of aromatic nitrogens is 2. The number of ether oxygens (including phenoxy) is 1. The number of rotatable bonds is 10. The number of aliphatic hydroxyl groups is 1. The Hall–Kier alpha value is -3.59. The molecule has 9 heteroatoms. The van der Waals surface area contributed by atoms with E-state index in [1.165, 1.54) is 12.5 Å². The van der Waals surface area contributed by atoms with Crippen molar-refractivity contribution in [3.63, 3.8) is 0 Å². The molecule has 0 fully saturated rings. The molecule has 2 aromatic carbocycles. The number of cyclic esters (lactones) is 1. The van der Waals surface area contributed by atoms with E-state index in [2.05, 4.69) is 9.71 Å². The number of imidazole rings is 1. The highest BCUT2D eigenvalue weighted by molar-refractivity contribution is 7.92. The summed E-state index contributed by atoms with van der Waals surface area (Å²) in [6.07, 6.45) is 6.07. The van der Waals surface area contributed by atoms with Gasteiger partial charge < -0.3 is 14.4 Å². The molecule has 1 aliphatic rings. The summed E-state index contributed by atoms with van der Waals surface area (Å²) >= 11 is 0. The van der Waals surface area contributed by atoms with Gasteiger partial charge in [-0.2, -0.15) is 8.42 Å². The van der Waals surface area contributed by atoms with Gasteiger partial charge in [-0.3, -0.25) is 4.72 Å². The van der Waals surface area contributed by atoms with Gasteiger partial charge in [-0.05, 0) is 42.5 Å². The molecule has 1 unspecified atom stereocenters. The van der Waals surface area contributed by atoms with Crippen molar-refractivity contribution in [3.8, 4) is 0 Å². The summed E-state index contributed by atoms with van der Waals surface area (Å²) in [6, 6.07) is 16.7. The highest BCUT2D eigenvalue weighted by Crippen LogP contribution is 2.37. The molecule has 0 amide bonds. The number of hydrogen-bond donors (Lipinski definition) is 2. The van der Waals surface area contributed by atoms with Gasteiger partial charge in [0.25, 0.3) is 10.0 Å². The SMILES string of the molecule is CCCC1(CCc2ccccc2)CC(O)=C(Cc2cccc(NS(=O)(=O)c3cn(C)cn3)c2)C(=O)O1. The third-order valence-corrected chi connectivity index (χ3v) is 7.59. The molecule has 4 rings (SSSR count). The summed E-state index contributed by atoms with van der Waals surface area (Å²) in [7, 11) is -2.16. The third-order valence-electron chi connectivity index (χ3n) is 6.33. The van der Waals surface area contributed by atoms with Crippen LogP contribution in [-0.4, -0.2) is 34.6 Å². The molecule has 0 aliphatic carbocycles. The Kier molecular flexibility index (Phi) is 7.49. The Balaban J connectivity index is 1.50. The second kappa shape index (κ2) is 10.6. The van der Waals surface area contributed by atoms with E-state index in [0.717, 1.165) is 18.4 Å². The lowest BCUT2D eigenvalue weighted by Crippen LogP contribution is -2.41. The van der Waals surface area contributed by atoms with Gasteiger partial charge >= 0.3 is 5.97 Å². The van der Waals surface area contributed by atoms with Crippen LogP contribution in [0.15, 0.2) is 83.5 Å². The van der Waals surface area contributed by atoms with Gasteiger partial charge in [-0.1, -0.05) is 55.8 Å². The normalized spacial score (nSPS) is 18.2. The van der Waals surface area contributed by atoms with Crippen molar-refractivity contribution >= 4 is 21.7 Å². The number of hydrogen-bond acceptors (Lipinski definition) is 6. The summed E-state index contributed by atoms with van der Waals surface area (Å²) < 4.78 is 35.3. The lowest BCUT2D eigenvalue weighted by molar-refractivity contribution is -0.160. The van der Waals surface area contributed by atoms with Crippen LogP contribution in [0.4, 0.5) is 5.69 Å². The van der Waals surface area contributed by atoms with Crippen LogP contribution in [0.3, 0.4) is 0 Å². The molecule has 0 saturated heterocycles. The van der Waals surface area contributed by atoms with E-state index in [1.807, 2.05) is 37.3 Å². The smallest absolute Gasteiger partial charge is 0.338 e. The van der Waals surface area contributed by atoms with Gasteiger partial charge in [0.15, 0.2) is 5.03 Å². The van der Waals surface area contributed by atoms with E-state index >= 15 is 0 Å². The zero-order valence-electron chi connectivity index (χ0n) is 20.5. The minimum Gasteiger partial charge on any atom is -0.512 e. The lowest BCUT2D eigenvalue weighted by Gasteiger charge is -2.37. The molecule has 0 bridgehead atoms. The van der Waals surface area contributed by atoms with Crippen LogP contribution in [0.25, 0.3) is 0 Å². The number of aliphatic hydroxyl groups excluding tert-OH is 1. The van der Waals surface area contributed by atoms with Crippen LogP contribution >= 0.6 is 0 Å². The first-order chi connectivity index (χ1) is 17.2. The van der Waals surface area contributed by atoms with Crippen LogP contribution in [-0.2, 0) is 39.4 Å². The number of carbonyl (C=O) groups is 1. The first-order valence-electron chi connectivity index (χ1n) is 12.0. The summed E-state index contributed by atoms with van der Waals surface area (Å²) in [5.74, 6) is -0.494. The fraction of sp³-hybridized carbons (Fsp3) is 0.333. The summed E-state index contributed by atoms with van der Waals surface area (Å²) in [5, 5.41) is 10.8. The molecule has 2 N–H and O–H groups in total. The third kappa shape index (κ3) is 5.96. The quantitative estimate of drug-likeness (QED) is 0.384. The Morgan fingerprint density at radius 1 is 1.11 bits per heavy atom. The second-order valence-electron chi connectivity index (χ2n) is 9.27. The highest BCUT2D eigenvalue weighted by atomic mass is 32.2. The van der Waals surface area contributed by atoms with Crippen LogP contribution < -0.4 is 4.72 Å². The van der Waals surface area contributed by atoms with Crippen LogP contribution in [0.2, 0.25) is 0 Å². The van der Waals surface area contributed by atoms with E-state index in [0.29, 0.717) is 24.1 Å². The number of nitrogens with zero attached hydrogens (tertiary/aromatic N) is 2. The van der Waals surface area contributed by atoms with Gasteiger partial charge in [0, 0.05) is 31.8 Å². The predicted molar refractivity (Wildman–Crippen MR) is 137 cm³/mol. The summed E-state index contributed by atoms with van der Waals surface area (Å²) in [5.41, 5.74) is 1.62. The van der Waals surface area contributed by atoms with Gasteiger partial charge in [0.05, 0.1) is 11.9 Å². The fourth-order valence-electron chi connectivity index (χ4n) is 4.56. The minimum absolute atomic E-state index is 0.0345. The maximum absolute atomic E-state index is 13.0. The molecular formula is C27H31N3O5S. The molecule has 0 saturated carbocycles. The Labute approximate surface area is 211 Å². The molecule has 1 aromatic heterocycles. The molecule has 0 spiro atoms. The topological polar surface area (TPSA) is 111 Å². The van der Waals surface area contributed by atoms with Crippen molar-refractivity contribution in [1.82, 2.24) is 9.55 Å². The number of nitrogens with one attached hydrogen (secondary N) is 1. The molecule has 3 aromatic rings. The van der Waals surface area contributed by atoms with Gasteiger partial charge in [-0.15, -0.1) is 0 Å². The number of carbonyl (C=O) groups excluding carboxylic acids is 1. The van der Waals surface area contributed by atoms with Crippen molar-refractivity contribution in [2.75, 3.05) is 4.72 Å². The number of anilines is 1. The largest absolute Gasteiger partial charge is 0.512 e. The maximum atomic E-state index is 13.0. The van der Waals surface area contributed by atoms with E-state index in [4.69, 9.17) is 4.74 Å². The molecule has 2 heterocycles. The van der Waals surface area contributed by atoms with Gasteiger partial charge in [-0.25, -0.2) is 9.78 Å². The van der Waals surface area contributed by atoms with Gasteiger partial charge in [0.2, 0.25) is 0 Å². The molecule has 190 valence electrons. The Morgan fingerprint density at radius 3 is 2.53 bits per heavy atom. The average Bonchev–Trinajstić information content (AvgIpc) is 3.29. The second-order valence-corrected chi connectivity index (χ2v) is 10.9. The molecule has 1 atom stereocenters. The fourth-order valence-corrected chi connectivity index (χ4v) is 5.59. The van der Waals surface area contributed by atoms with Gasteiger partial charge in [0.1, 0.15) is 11.4 Å². The van der Waals surface area contributed by atoms with Crippen molar-refractivity contribution in [1.29, 1.82) is 0 Å². The van der Waals surface area contributed by atoms with Crippen LogP contribution in [0, 0.1) is 0 Å². The number of aryl methyl sites for hydroxylation is 2. The monoisotopic (exact) mass is 509 g/mol. The Morgan fingerprint density at radius 2 is 1.86 bits per heavy atom. The van der Waals surface area contributed by atoms with Crippen LogP contribution in [0.5, 0.6) is 0 Å². The number of esters is 1. The summed E-state index contributed by atoms with van der Waals surface area (Å²) in [4.78, 5) is 16.9. The van der Waals surface area contributed by atoms with Crippen molar-refractivity contribution < 1.29 is 23.1 Å². The zero-order valence-corrected chi connectivity index (χ0v) is 21.3. The molecule has 36 heavy (non-hydrogen) atoms. The van der Waals surface area contributed by atoms with Crippen molar-refractivity contribution in [2.45, 2.75) is 56.1 Å². The lowest BCUT2D eigenvalue weighted by atomic mass is 9.83.